The summed E-state index contributed by atoms with van der Waals surface area (Å²) < 4.78 is 9.72. The standard InChI is InChI=1S/C52H61N9O4S.2C2H6/c1-5-7-20-54-36(3)31-58-43-13-8-37(9-14-43)18-21-57-52(64)42-29-41-19-24-60(51(41)59-33-42)34-50(63)56-23-26-65-25-22-55-49(62)17-11-39-28-48(66-35-39)40-12-15-44-45-27-38(32-53-4)10-16-46(45)61(6-2)47(44)30-40;2*1-2/h8-10,12-16,19,24,27-30,33,35-36,53-54,58H,5-7,18,20-23,25-26,31-32,34H2,1-4H3,(H,55,62)(H,56,63)(H,57,64);2*1-2H3. The molecule has 6 N–H and O–H groups in total. The molecule has 0 spiro atoms. The van der Waals surface area contributed by atoms with Crippen molar-refractivity contribution in [3.63, 3.8) is 0 Å². The average Bonchev–Trinajstić information content (AvgIpc) is 4.12. The van der Waals surface area contributed by atoms with Crippen LogP contribution in [0.5, 0.6) is 0 Å². The van der Waals surface area contributed by atoms with Gasteiger partial charge in [-0.05, 0) is 106 Å². The van der Waals surface area contributed by atoms with E-state index >= 15 is 0 Å². The summed E-state index contributed by atoms with van der Waals surface area (Å²) in [5.41, 5.74) is 8.89. The van der Waals surface area contributed by atoms with Crippen LogP contribution >= 0.6 is 11.3 Å². The van der Waals surface area contributed by atoms with Crippen molar-refractivity contribution in [1.82, 2.24) is 40.7 Å². The number of thiophene rings is 1. The van der Waals surface area contributed by atoms with E-state index in [9.17, 15) is 14.4 Å². The minimum absolute atomic E-state index is 0.0727. The van der Waals surface area contributed by atoms with Gasteiger partial charge in [-0.15, -0.1) is 11.3 Å². The first-order valence-electron chi connectivity index (χ1n) is 24.9. The minimum atomic E-state index is -0.381. The Labute approximate surface area is 418 Å². The first-order chi connectivity index (χ1) is 34.2. The molecule has 4 aromatic heterocycles. The Morgan fingerprint density at radius 3 is 2.34 bits per heavy atom. The largest absolute Gasteiger partial charge is 0.383 e. The van der Waals surface area contributed by atoms with Gasteiger partial charge in [-0.3, -0.25) is 14.4 Å². The lowest BCUT2D eigenvalue weighted by Crippen LogP contribution is -2.33. The van der Waals surface area contributed by atoms with Crippen molar-refractivity contribution >= 4 is 67.6 Å². The molecule has 14 heteroatoms. The number of amides is 3. The number of aryl methyl sites for hydroxylation is 1. The van der Waals surface area contributed by atoms with Crippen molar-refractivity contribution in [2.75, 3.05) is 58.3 Å². The van der Waals surface area contributed by atoms with Crippen LogP contribution < -0.4 is 31.9 Å². The second-order valence-electron chi connectivity index (χ2n) is 16.4. The smallest absolute Gasteiger partial charge is 0.296 e. The molecular weight excluding hydrogens is 895 g/mol. The summed E-state index contributed by atoms with van der Waals surface area (Å²) in [6.07, 6.45) is 6.41. The van der Waals surface area contributed by atoms with Gasteiger partial charge in [-0.1, -0.05) is 77.3 Å². The Balaban J connectivity index is 0.00000222. The van der Waals surface area contributed by atoms with E-state index in [1.165, 1.54) is 46.4 Å². The van der Waals surface area contributed by atoms with E-state index in [1.54, 1.807) is 28.2 Å². The highest BCUT2D eigenvalue weighted by molar-refractivity contribution is 7.13. The van der Waals surface area contributed by atoms with Crippen molar-refractivity contribution < 1.29 is 19.1 Å². The van der Waals surface area contributed by atoms with Crippen molar-refractivity contribution in [3.8, 4) is 22.3 Å². The predicted molar refractivity (Wildman–Crippen MR) is 291 cm³/mol. The van der Waals surface area contributed by atoms with Gasteiger partial charge in [-0.25, -0.2) is 4.98 Å². The molecule has 4 heterocycles. The molecule has 0 saturated carbocycles. The van der Waals surface area contributed by atoms with E-state index in [1.807, 2.05) is 52.3 Å². The van der Waals surface area contributed by atoms with Crippen molar-refractivity contribution in [3.05, 3.63) is 119 Å². The van der Waals surface area contributed by atoms with E-state index in [-0.39, 0.29) is 37.5 Å². The maximum absolute atomic E-state index is 12.9. The summed E-state index contributed by atoms with van der Waals surface area (Å²) in [5.74, 6) is 4.90. The summed E-state index contributed by atoms with van der Waals surface area (Å²) in [7, 11) is 1.96. The third kappa shape index (κ3) is 15.5. The number of hydrogen-bond donors (Lipinski definition) is 6. The zero-order chi connectivity index (χ0) is 50.3. The first kappa shape index (κ1) is 54.4. The summed E-state index contributed by atoms with van der Waals surface area (Å²) in [6.45, 7) is 19.9. The predicted octanol–water partition coefficient (Wildman–Crippen LogP) is 9.13. The van der Waals surface area contributed by atoms with Gasteiger partial charge >= 0.3 is 0 Å². The van der Waals surface area contributed by atoms with E-state index in [4.69, 9.17) is 4.74 Å². The number of fused-ring (bicyclic) bond motifs is 4. The van der Waals surface area contributed by atoms with Crippen LogP contribution in [-0.2, 0) is 40.4 Å². The molecule has 0 aliphatic carbocycles. The van der Waals surface area contributed by atoms with Gasteiger partial charge in [0, 0.05) is 112 Å². The number of carbonyl (C=O) groups is 3. The van der Waals surface area contributed by atoms with E-state index in [0.717, 1.165) is 58.8 Å². The second-order valence-corrected chi connectivity index (χ2v) is 17.3. The number of carbonyl (C=O) groups excluding carboxylic acids is 3. The third-order valence-corrected chi connectivity index (χ3v) is 12.4. The average molecular weight is 968 g/mol. The molecule has 13 nitrogen and oxygen atoms in total. The number of rotatable bonds is 23. The molecule has 3 amide bonds. The lowest BCUT2D eigenvalue weighted by molar-refractivity contribution is -0.121. The number of hydrogen-bond acceptors (Lipinski definition) is 9. The zero-order valence-corrected chi connectivity index (χ0v) is 43.2. The van der Waals surface area contributed by atoms with Crippen molar-refractivity contribution in [2.45, 2.75) is 93.4 Å². The highest BCUT2D eigenvalue weighted by Crippen LogP contribution is 2.35. The number of unbranched alkanes of at least 4 members (excludes halogenated alkanes) is 1. The third-order valence-electron chi connectivity index (χ3n) is 11.4. The number of benzene rings is 3. The summed E-state index contributed by atoms with van der Waals surface area (Å²) >= 11 is 1.61. The van der Waals surface area contributed by atoms with Crippen LogP contribution in [0.3, 0.4) is 0 Å². The maximum Gasteiger partial charge on any atom is 0.296 e. The number of aromatic nitrogens is 3. The van der Waals surface area contributed by atoms with E-state index < -0.39 is 0 Å². The Hall–Kier alpha value is -6.50. The molecular formula is C56H73N9O4S. The molecule has 0 radical (unpaired) electrons. The van der Waals surface area contributed by atoms with E-state index in [0.29, 0.717) is 43.3 Å². The van der Waals surface area contributed by atoms with Crippen molar-refractivity contribution in [2.24, 2.45) is 0 Å². The van der Waals surface area contributed by atoms with Crippen LogP contribution in [0.2, 0.25) is 0 Å². The van der Waals surface area contributed by atoms with Crippen LogP contribution in [-0.4, -0.2) is 90.9 Å². The van der Waals surface area contributed by atoms with E-state index in [2.05, 4.69) is 135 Å². The monoisotopic (exact) mass is 968 g/mol. The van der Waals surface area contributed by atoms with Gasteiger partial charge in [0.25, 0.3) is 11.8 Å². The number of ether oxygens (including phenoxy) is 1. The Kier molecular flexibility index (Phi) is 22.4. The lowest BCUT2D eigenvalue weighted by atomic mass is 10.1. The molecule has 0 fully saturated rings. The highest BCUT2D eigenvalue weighted by atomic mass is 32.1. The molecule has 0 bridgehead atoms. The van der Waals surface area contributed by atoms with Crippen LogP contribution in [0.1, 0.15) is 88.4 Å². The Morgan fingerprint density at radius 2 is 1.59 bits per heavy atom. The quantitative estimate of drug-likeness (QED) is 0.0274. The van der Waals surface area contributed by atoms with Crippen LogP contribution in [0, 0.1) is 11.8 Å². The normalized spacial score (nSPS) is 11.2. The number of anilines is 1. The topological polar surface area (TPSA) is 155 Å². The van der Waals surface area contributed by atoms with Crippen LogP contribution in [0.4, 0.5) is 5.69 Å². The molecule has 1 atom stereocenters. The second kappa shape index (κ2) is 28.9. The Morgan fingerprint density at radius 1 is 0.814 bits per heavy atom. The SMILES string of the molecule is CC.CC.CCCCNC(C)CNc1ccc(CCNC(=O)c2cnc3c(ccn3CC(=O)NCCOCCNC(=O)C#Cc3csc(-c4ccc5c6cc(CNC)ccc6n(CC)c5c4)c3)c2)cc1. The zero-order valence-electron chi connectivity index (χ0n) is 42.4. The van der Waals surface area contributed by atoms with Crippen LogP contribution in [0.25, 0.3) is 43.3 Å². The number of nitrogens with one attached hydrogen (secondary N) is 6. The first-order valence-corrected chi connectivity index (χ1v) is 25.8. The van der Waals surface area contributed by atoms with Gasteiger partial charge in [0.15, 0.2) is 0 Å². The lowest BCUT2D eigenvalue weighted by Gasteiger charge is -2.15. The maximum atomic E-state index is 12.9. The van der Waals surface area contributed by atoms with Gasteiger partial charge in [0.05, 0.1) is 18.8 Å². The molecule has 1 unspecified atom stereocenters. The minimum Gasteiger partial charge on any atom is -0.383 e. The summed E-state index contributed by atoms with van der Waals surface area (Å²) in [4.78, 5) is 43.7. The van der Waals surface area contributed by atoms with Crippen LogP contribution in [0.15, 0.2) is 96.6 Å². The molecule has 3 aromatic carbocycles. The molecule has 0 saturated heterocycles. The van der Waals surface area contributed by atoms with Gasteiger partial charge in [0.1, 0.15) is 12.2 Å². The molecule has 7 rings (SSSR count). The number of nitrogens with zero attached hydrogens (tertiary/aromatic N) is 3. The fourth-order valence-electron chi connectivity index (χ4n) is 7.90. The summed E-state index contributed by atoms with van der Waals surface area (Å²) in [5, 5.41) is 24.1. The molecule has 0 aliphatic heterocycles. The van der Waals surface area contributed by atoms with Gasteiger partial charge in [-0.2, -0.15) is 0 Å². The molecule has 0 aliphatic rings. The van der Waals surface area contributed by atoms with Crippen molar-refractivity contribution in [1.29, 1.82) is 0 Å². The highest BCUT2D eigenvalue weighted by Gasteiger charge is 2.14. The fourth-order valence-corrected chi connectivity index (χ4v) is 8.74. The fraction of sp³-hybridized carbons (Fsp3) is 0.393. The van der Waals surface area contributed by atoms with Gasteiger partial charge < -0.3 is 45.8 Å². The molecule has 70 heavy (non-hydrogen) atoms. The molecule has 7 aromatic rings. The Bertz CT molecular complexity index is 2820. The molecule has 372 valence electrons. The van der Waals surface area contributed by atoms with Gasteiger partial charge in [0.2, 0.25) is 5.91 Å². The summed E-state index contributed by atoms with van der Waals surface area (Å²) in [6, 6.07) is 27.6. The number of pyridine rings is 1.